The van der Waals surface area contributed by atoms with Crippen LogP contribution in [-0.4, -0.2) is 18.9 Å². The highest BCUT2D eigenvalue weighted by molar-refractivity contribution is 7.55. The van der Waals surface area contributed by atoms with Gasteiger partial charge in [0.2, 0.25) is 0 Å². The molecule has 1 atom stereocenters. The topological polar surface area (TPSA) is 59.3 Å². The van der Waals surface area contributed by atoms with Crippen molar-refractivity contribution in [3.8, 4) is 6.07 Å². The first-order valence-corrected chi connectivity index (χ1v) is 7.59. The molecule has 0 fully saturated rings. The molecule has 4 nitrogen and oxygen atoms in total. The molecule has 0 unspecified atom stereocenters. The first-order chi connectivity index (χ1) is 8.66. The maximum absolute atomic E-state index is 12.5. The third-order valence-electron chi connectivity index (χ3n) is 2.42. The smallest absolute Gasteiger partial charge is 0.308 e. The molecule has 0 N–H and O–H groups in total. The van der Waals surface area contributed by atoms with Gasteiger partial charge in [-0.25, -0.2) is 0 Å². The molecular weight excluding hydrogens is 249 g/mol. The zero-order valence-corrected chi connectivity index (χ0v) is 11.6. The lowest BCUT2D eigenvalue weighted by Crippen LogP contribution is -2.14. The van der Waals surface area contributed by atoms with Gasteiger partial charge in [-0.2, -0.15) is 5.26 Å². The summed E-state index contributed by atoms with van der Waals surface area (Å²) in [6.07, 6.45) is 0.370. The van der Waals surface area contributed by atoms with Crippen molar-refractivity contribution in [3.05, 3.63) is 35.9 Å². The molecule has 1 aromatic carbocycles. The molecule has 0 radical (unpaired) electrons. The standard InChI is InChI=1S/C13H18NO3P/c1-3-16-18(15,17-4-2)13(11-14)10-12-8-6-5-7-9-12/h5-9,13H,3-4,10H2,1-2H3/t13-/m1/s1. The normalized spacial score (nSPS) is 12.9. The lowest BCUT2D eigenvalue weighted by Gasteiger charge is -2.21. The molecule has 0 bridgehead atoms. The van der Waals surface area contributed by atoms with Crippen molar-refractivity contribution < 1.29 is 13.6 Å². The van der Waals surface area contributed by atoms with Crippen molar-refractivity contribution >= 4 is 7.60 Å². The maximum atomic E-state index is 12.5. The predicted molar refractivity (Wildman–Crippen MR) is 70.4 cm³/mol. The summed E-state index contributed by atoms with van der Waals surface area (Å²) >= 11 is 0. The quantitative estimate of drug-likeness (QED) is 0.710. The number of nitriles is 1. The van der Waals surface area contributed by atoms with Gasteiger partial charge < -0.3 is 9.05 Å². The summed E-state index contributed by atoms with van der Waals surface area (Å²) in [6.45, 7) is 4.01. The summed E-state index contributed by atoms with van der Waals surface area (Å²) in [5.41, 5.74) is 0.184. The summed E-state index contributed by atoms with van der Waals surface area (Å²) in [7, 11) is -3.36. The molecule has 1 rings (SSSR count). The Morgan fingerprint density at radius 1 is 1.22 bits per heavy atom. The molecule has 1 aromatic rings. The number of rotatable bonds is 7. The summed E-state index contributed by atoms with van der Waals surface area (Å²) in [6, 6.07) is 11.5. The largest absolute Gasteiger partial charge is 0.348 e. The van der Waals surface area contributed by atoms with Gasteiger partial charge in [0.1, 0.15) is 0 Å². The van der Waals surface area contributed by atoms with E-state index < -0.39 is 13.3 Å². The van der Waals surface area contributed by atoms with Crippen LogP contribution in [-0.2, 0) is 20.0 Å². The average Bonchev–Trinajstić information content (AvgIpc) is 2.37. The van der Waals surface area contributed by atoms with Crippen LogP contribution >= 0.6 is 7.60 Å². The molecule has 0 aliphatic heterocycles. The monoisotopic (exact) mass is 267 g/mol. The Bertz CT molecular complexity index is 431. The molecule has 98 valence electrons. The van der Waals surface area contributed by atoms with E-state index in [2.05, 4.69) is 0 Å². The molecule has 18 heavy (non-hydrogen) atoms. The van der Waals surface area contributed by atoms with E-state index in [-0.39, 0.29) is 13.2 Å². The Kier molecular flexibility index (Phi) is 6.07. The van der Waals surface area contributed by atoms with Gasteiger partial charge in [0.15, 0.2) is 5.66 Å². The Balaban J connectivity index is 2.87. The zero-order chi connectivity index (χ0) is 13.4. The lowest BCUT2D eigenvalue weighted by molar-refractivity contribution is 0.216. The number of nitrogens with zero attached hydrogens (tertiary/aromatic N) is 1. The minimum absolute atomic E-state index is 0.268. The summed E-state index contributed by atoms with van der Waals surface area (Å²) in [5.74, 6) is 0. The van der Waals surface area contributed by atoms with Gasteiger partial charge in [0.25, 0.3) is 0 Å². The van der Waals surface area contributed by atoms with E-state index in [0.29, 0.717) is 6.42 Å². The molecule has 0 amide bonds. The van der Waals surface area contributed by atoms with Crippen molar-refractivity contribution in [2.75, 3.05) is 13.2 Å². The highest BCUT2D eigenvalue weighted by Gasteiger charge is 2.35. The molecule has 0 saturated carbocycles. The second-order valence-electron chi connectivity index (χ2n) is 3.71. The van der Waals surface area contributed by atoms with Gasteiger partial charge in [-0.15, -0.1) is 0 Å². The number of hydrogen-bond donors (Lipinski definition) is 0. The molecule has 0 spiro atoms. The number of benzene rings is 1. The fourth-order valence-corrected chi connectivity index (χ4v) is 3.37. The first-order valence-electron chi connectivity index (χ1n) is 5.98. The third-order valence-corrected chi connectivity index (χ3v) is 4.72. The van der Waals surface area contributed by atoms with E-state index in [4.69, 9.17) is 9.05 Å². The molecule has 0 aliphatic carbocycles. The Hall–Kier alpha value is -1.14. The van der Waals surface area contributed by atoms with Crippen molar-refractivity contribution in [1.82, 2.24) is 0 Å². The number of hydrogen-bond acceptors (Lipinski definition) is 4. The van der Waals surface area contributed by atoms with E-state index in [1.165, 1.54) is 0 Å². The maximum Gasteiger partial charge on any atom is 0.348 e. The highest BCUT2D eigenvalue weighted by Crippen LogP contribution is 2.53. The second-order valence-corrected chi connectivity index (χ2v) is 5.93. The van der Waals surface area contributed by atoms with Crippen molar-refractivity contribution in [2.45, 2.75) is 25.9 Å². The fourth-order valence-electron chi connectivity index (χ4n) is 1.64. The Morgan fingerprint density at radius 3 is 2.22 bits per heavy atom. The zero-order valence-electron chi connectivity index (χ0n) is 10.7. The summed E-state index contributed by atoms with van der Waals surface area (Å²) < 4.78 is 22.9. The van der Waals surface area contributed by atoms with Crippen LogP contribution in [0.15, 0.2) is 30.3 Å². The average molecular weight is 267 g/mol. The Morgan fingerprint density at radius 2 is 1.78 bits per heavy atom. The van der Waals surface area contributed by atoms with E-state index in [1.54, 1.807) is 13.8 Å². The minimum atomic E-state index is -3.36. The van der Waals surface area contributed by atoms with Crippen molar-refractivity contribution in [3.63, 3.8) is 0 Å². The van der Waals surface area contributed by atoms with Crippen molar-refractivity contribution in [2.24, 2.45) is 0 Å². The van der Waals surface area contributed by atoms with Crippen LogP contribution in [0.4, 0.5) is 0 Å². The molecule has 0 heterocycles. The van der Waals surface area contributed by atoms with Gasteiger partial charge in [-0.05, 0) is 25.8 Å². The summed E-state index contributed by atoms with van der Waals surface area (Å²) in [5, 5.41) is 9.19. The predicted octanol–water partition coefficient (Wildman–Crippen LogP) is 3.39. The fraction of sp³-hybridized carbons (Fsp3) is 0.462. The van der Waals surface area contributed by atoms with Crippen LogP contribution in [0.2, 0.25) is 0 Å². The van der Waals surface area contributed by atoms with Crippen LogP contribution < -0.4 is 0 Å². The van der Waals surface area contributed by atoms with Gasteiger partial charge in [0, 0.05) is 0 Å². The van der Waals surface area contributed by atoms with Crippen LogP contribution in [0.1, 0.15) is 19.4 Å². The highest BCUT2D eigenvalue weighted by atomic mass is 31.2. The van der Waals surface area contributed by atoms with Crippen LogP contribution in [0.25, 0.3) is 0 Å². The van der Waals surface area contributed by atoms with Gasteiger partial charge in [0.05, 0.1) is 19.3 Å². The minimum Gasteiger partial charge on any atom is -0.308 e. The van der Waals surface area contributed by atoms with Crippen LogP contribution in [0, 0.1) is 11.3 Å². The SMILES string of the molecule is CCOP(=O)(OCC)[C@@H](C#N)Cc1ccccc1. The van der Waals surface area contributed by atoms with Crippen molar-refractivity contribution in [1.29, 1.82) is 5.26 Å². The molecule has 0 aromatic heterocycles. The van der Waals surface area contributed by atoms with E-state index in [0.717, 1.165) is 5.56 Å². The van der Waals surface area contributed by atoms with Gasteiger partial charge >= 0.3 is 7.60 Å². The van der Waals surface area contributed by atoms with E-state index in [1.807, 2.05) is 36.4 Å². The van der Waals surface area contributed by atoms with Crippen LogP contribution in [0.3, 0.4) is 0 Å². The molecular formula is C13H18NO3P. The van der Waals surface area contributed by atoms with Gasteiger partial charge in [-0.3, -0.25) is 4.57 Å². The van der Waals surface area contributed by atoms with E-state index in [9.17, 15) is 9.83 Å². The first kappa shape index (κ1) is 14.9. The molecule has 0 aliphatic rings. The molecule has 5 heteroatoms. The van der Waals surface area contributed by atoms with Gasteiger partial charge in [-0.1, -0.05) is 30.3 Å². The summed E-state index contributed by atoms with van der Waals surface area (Å²) in [4.78, 5) is 0. The second kappa shape index (κ2) is 7.33. The van der Waals surface area contributed by atoms with Crippen LogP contribution in [0.5, 0.6) is 0 Å². The lowest BCUT2D eigenvalue weighted by atomic mass is 10.1. The molecule has 0 saturated heterocycles. The van der Waals surface area contributed by atoms with E-state index >= 15 is 0 Å². The third kappa shape index (κ3) is 3.96. The Labute approximate surface area is 108 Å².